The third-order valence-corrected chi connectivity index (χ3v) is 8.65. The number of aliphatic hydroxyl groups is 1. The van der Waals surface area contributed by atoms with Crippen LogP contribution in [0, 0.1) is 11.3 Å². The molecule has 2 saturated carbocycles. The molecule has 1 aromatic heterocycles. The Bertz CT molecular complexity index is 1290. The van der Waals surface area contributed by atoms with Crippen LogP contribution < -0.4 is 16.0 Å². The molecule has 4 aliphatic rings. The molecule has 4 atom stereocenters. The van der Waals surface area contributed by atoms with Crippen molar-refractivity contribution in [3.05, 3.63) is 36.2 Å². The highest BCUT2D eigenvalue weighted by molar-refractivity contribution is 5.95. The first-order valence-corrected chi connectivity index (χ1v) is 14.1. The van der Waals surface area contributed by atoms with Crippen LogP contribution in [0.1, 0.15) is 62.0 Å². The molecule has 1 aromatic carbocycles. The van der Waals surface area contributed by atoms with Gasteiger partial charge in [0.25, 0.3) is 23.5 Å². The summed E-state index contributed by atoms with van der Waals surface area (Å²) in [6.07, 6.45) is 4.06. The largest absolute Gasteiger partial charge is 0.381 e. The van der Waals surface area contributed by atoms with Crippen molar-refractivity contribution in [2.45, 2.75) is 75.6 Å². The van der Waals surface area contributed by atoms with E-state index in [0.717, 1.165) is 32.1 Å². The van der Waals surface area contributed by atoms with E-state index in [2.05, 4.69) is 26.1 Å². The fourth-order valence-electron chi connectivity index (χ4n) is 5.80. The summed E-state index contributed by atoms with van der Waals surface area (Å²) in [6, 6.07) is 7.32. The van der Waals surface area contributed by atoms with Crippen LogP contribution in [0.25, 0.3) is 11.5 Å². The van der Waals surface area contributed by atoms with E-state index >= 15 is 0 Å². The van der Waals surface area contributed by atoms with E-state index in [1.165, 1.54) is 4.90 Å². The molecular weight excluding hydrogens is 516 g/mol. The van der Waals surface area contributed by atoms with E-state index in [4.69, 9.17) is 4.52 Å². The van der Waals surface area contributed by atoms with Gasteiger partial charge in [0.2, 0.25) is 11.8 Å². The van der Waals surface area contributed by atoms with Crippen molar-refractivity contribution in [1.29, 1.82) is 0 Å². The lowest BCUT2D eigenvalue weighted by Gasteiger charge is -2.39. The Hall–Kier alpha value is -3.80. The molecule has 0 bridgehead atoms. The van der Waals surface area contributed by atoms with E-state index in [1.54, 1.807) is 12.1 Å². The van der Waals surface area contributed by atoms with Gasteiger partial charge in [-0.3, -0.25) is 19.2 Å². The van der Waals surface area contributed by atoms with Crippen LogP contribution in [0.3, 0.4) is 0 Å². The lowest BCUT2D eigenvalue weighted by atomic mass is 9.86. The number of carbonyl (C=O) groups excluding carboxylic acids is 4. The predicted octanol–water partition coefficient (Wildman–Crippen LogP) is 0.772. The van der Waals surface area contributed by atoms with Gasteiger partial charge in [-0.15, -0.1) is 0 Å². The average Bonchev–Trinajstić information content (AvgIpc) is 3.84. The number of aliphatic hydroxyl groups excluding tert-OH is 1. The summed E-state index contributed by atoms with van der Waals surface area (Å²) in [5.41, 5.74) is 0.685. The Morgan fingerprint density at radius 1 is 1.15 bits per heavy atom. The number of benzene rings is 1. The SMILES string of the molecule is O=C(NC1CC1)C(O)[C@H](C[C@@H]1CCNC1=O)NC(=O)[C@@H]1CC2(CCN1C(=O)c1noc(-c3ccccc3)n1)CC2. The third kappa shape index (κ3) is 5.58. The second-order valence-corrected chi connectivity index (χ2v) is 11.6. The van der Waals surface area contributed by atoms with Gasteiger partial charge in [-0.05, 0) is 68.9 Å². The Kier molecular flexibility index (Phi) is 7.03. The molecule has 0 radical (unpaired) electrons. The van der Waals surface area contributed by atoms with E-state index in [9.17, 15) is 24.3 Å². The van der Waals surface area contributed by atoms with Crippen LogP contribution in [0.5, 0.6) is 0 Å². The highest BCUT2D eigenvalue weighted by Gasteiger charge is 2.52. The first-order valence-electron chi connectivity index (χ1n) is 14.1. The molecule has 212 valence electrons. The highest BCUT2D eigenvalue weighted by Crippen LogP contribution is 2.55. The van der Waals surface area contributed by atoms with Gasteiger partial charge in [0.1, 0.15) is 6.04 Å². The molecule has 2 aliphatic carbocycles. The highest BCUT2D eigenvalue weighted by atomic mass is 16.5. The second kappa shape index (κ2) is 10.6. The van der Waals surface area contributed by atoms with Crippen molar-refractivity contribution < 1.29 is 28.8 Å². The first-order chi connectivity index (χ1) is 19.3. The normalized spacial score (nSPS) is 24.7. The monoisotopic (exact) mass is 550 g/mol. The third-order valence-electron chi connectivity index (χ3n) is 8.65. The molecule has 2 aliphatic heterocycles. The van der Waals surface area contributed by atoms with Gasteiger partial charge < -0.3 is 30.5 Å². The predicted molar refractivity (Wildman–Crippen MR) is 140 cm³/mol. The van der Waals surface area contributed by atoms with Crippen molar-refractivity contribution in [2.24, 2.45) is 11.3 Å². The van der Waals surface area contributed by atoms with Crippen LogP contribution in [0.15, 0.2) is 34.9 Å². The molecule has 2 saturated heterocycles. The summed E-state index contributed by atoms with van der Waals surface area (Å²) in [6.45, 7) is 0.865. The van der Waals surface area contributed by atoms with E-state index in [0.29, 0.717) is 31.5 Å². The lowest BCUT2D eigenvalue weighted by molar-refractivity contribution is -0.135. The molecular formula is C28H34N6O6. The van der Waals surface area contributed by atoms with Crippen LogP contribution in [-0.2, 0) is 14.4 Å². The topological polar surface area (TPSA) is 167 Å². The maximum absolute atomic E-state index is 13.8. The van der Waals surface area contributed by atoms with Crippen molar-refractivity contribution in [3.63, 3.8) is 0 Å². The van der Waals surface area contributed by atoms with E-state index in [-0.39, 0.29) is 35.5 Å². The number of likely N-dealkylation sites (tertiary alicyclic amines) is 1. The van der Waals surface area contributed by atoms with E-state index < -0.39 is 41.8 Å². The lowest BCUT2D eigenvalue weighted by Crippen LogP contribution is -2.59. The maximum Gasteiger partial charge on any atom is 0.295 e. The van der Waals surface area contributed by atoms with Gasteiger partial charge >= 0.3 is 0 Å². The van der Waals surface area contributed by atoms with Crippen molar-refractivity contribution in [2.75, 3.05) is 13.1 Å². The number of hydrogen-bond acceptors (Lipinski definition) is 8. The zero-order valence-electron chi connectivity index (χ0n) is 22.2. The summed E-state index contributed by atoms with van der Waals surface area (Å²) < 4.78 is 5.33. The minimum Gasteiger partial charge on any atom is -0.381 e. The molecule has 1 unspecified atom stereocenters. The summed E-state index contributed by atoms with van der Waals surface area (Å²) in [7, 11) is 0. The van der Waals surface area contributed by atoms with Crippen LogP contribution in [-0.4, -0.2) is 81.1 Å². The van der Waals surface area contributed by atoms with Crippen LogP contribution in [0.4, 0.5) is 0 Å². The zero-order chi connectivity index (χ0) is 27.9. The van der Waals surface area contributed by atoms with Gasteiger partial charge in [-0.1, -0.05) is 23.4 Å². The summed E-state index contributed by atoms with van der Waals surface area (Å²) in [5, 5.41) is 23.2. The number of piperidine rings is 1. The van der Waals surface area contributed by atoms with Gasteiger partial charge in [0.05, 0.1) is 6.04 Å². The Morgan fingerprint density at radius 2 is 1.93 bits per heavy atom. The molecule has 4 N–H and O–H groups in total. The molecule has 12 nitrogen and oxygen atoms in total. The summed E-state index contributed by atoms with van der Waals surface area (Å²) >= 11 is 0. The Balaban J connectivity index is 1.20. The van der Waals surface area contributed by atoms with Gasteiger partial charge in [-0.2, -0.15) is 4.98 Å². The Morgan fingerprint density at radius 3 is 2.60 bits per heavy atom. The van der Waals surface area contributed by atoms with Crippen LogP contribution >= 0.6 is 0 Å². The number of rotatable bonds is 9. The number of carbonyl (C=O) groups is 4. The van der Waals surface area contributed by atoms with Crippen molar-refractivity contribution in [1.82, 2.24) is 31.0 Å². The number of amides is 4. The van der Waals surface area contributed by atoms with Gasteiger partial charge in [-0.25, -0.2) is 0 Å². The van der Waals surface area contributed by atoms with Gasteiger partial charge in [0.15, 0.2) is 6.10 Å². The summed E-state index contributed by atoms with van der Waals surface area (Å²) in [5.74, 6) is -2.06. The van der Waals surface area contributed by atoms with Gasteiger partial charge in [0, 0.05) is 30.6 Å². The standard InChI is InChI=1S/C28H34N6O6/c35-21(25(38)30-18-6-7-18)19(14-17-8-12-29-23(17)36)31-24(37)20-15-28(9-10-28)11-13-34(20)27(39)22-32-26(40-33-22)16-4-2-1-3-5-16/h1-5,17-21,35H,6-15H2,(H,29,36)(H,30,38)(H,31,37)/t17-,19-,20-,21?/m0/s1. The number of aromatic nitrogens is 2. The fourth-order valence-corrected chi connectivity index (χ4v) is 5.80. The molecule has 40 heavy (non-hydrogen) atoms. The zero-order valence-corrected chi connectivity index (χ0v) is 22.2. The quantitative estimate of drug-likeness (QED) is 0.355. The minimum atomic E-state index is -1.52. The molecule has 12 heteroatoms. The first kappa shape index (κ1) is 26.4. The van der Waals surface area contributed by atoms with Crippen LogP contribution in [0.2, 0.25) is 0 Å². The average molecular weight is 551 g/mol. The molecule has 3 heterocycles. The number of nitrogens with one attached hydrogen (secondary N) is 3. The summed E-state index contributed by atoms with van der Waals surface area (Å²) in [4.78, 5) is 58.1. The molecule has 4 fully saturated rings. The molecule has 1 spiro atoms. The smallest absolute Gasteiger partial charge is 0.295 e. The van der Waals surface area contributed by atoms with Crippen molar-refractivity contribution >= 4 is 23.6 Å². The molecule has 6 rings (SSSR count). The van der Waals surface area contributed by atoms with Crippen molar-refractivity contribution in [3.8, 4) is 11.5 Å². The maximum atomic E-state index is 13.8. The molecule has 4 amide bonds. The number of hydrogen-bond donors (Lipinski definition) is 4. The minimum absolute atomic E-state index is 0.00797. The fraction of sp³-hybridized carbons (Fsp3) is 0.571. The second-order valence-electron chi connectivity index (χ2n) is 11.6. The van der Waals surface area contributed by atoms with E-state index in [1.807, 2.05) is 18.2 Å². The Labute approximate surface area is 231 Å². The molecule has 2 aromatic rings. The number of nitrogens with zero attached hydrogens (tertiary/aromatic N) is 3.